The van der Waals surface area contributed by atoms with Gasteiger partial charge in [0.2, 0.25) is 0 Å². The number of nitrogens with zero attached hydrogens (tertiary/aromatic N) is 3. The quantitative estimate of drug-likeness (QED) is 0.445. The Morgan fingerprint density at radius 1 is 1.53 bits per heavy atom. The molecule has 0 amide bonds. The van der Waals surface area contributed by atoms with Crippen LogP contribution in [0.5, 0.6) is 0 Å². The van der Waals surface area contributed by atoms with Crippen molar-refractivity contribution in [3.05, 3.63) is 27.4 Å². The fourth-order valence-corrected chi connectivity index (χ4v) is 1.48. The van der Waals surface area contributed by atoms with Gasteiger partial charge in [0.1, 0.15) is 12.0 Å². The molecule has 106 valence electrons. The maximum Gasteiger partial charge on any atom is 0.289 e. The molecule has 0 atom stereocenters. The number of aromatic nitrogens is 1. The van der Waals surface area contributed by atoms with E-state index in [4.69, 9.17) is 16.3 Å². The molecule has 0 bridgehead atoms. The van der Waals surface area contributed by atoms with E-state index in [1.165, 1.54) is 12.3 Å². The third kappa shape index (κ3) is 5.82. The monoisotopic (exact) mass is 288 g/mol. The number of nitro groups is 1. The van der Waals surface area contributed by atoms with Crippen molar-refractivity contribution in [2.45, 2.75) is 0 Å². The highest BCUT2D eigenvalue weighted by Gasteiger charge is 2.10. The summed E-state index contributed by atoms with van der Waals surface area (Å²) in [5.41, 5.74) is -0.127. The van der Waals surface area contributed by atoms with Gasteiger partial charge in [-0.25, -0.2) is 4.98 Å². The van der Waals surface area contributed by atoms with Crippen LogP contribution in [0.3, 0.4) is 0 Å². The molecule has 8 heteroatoms. The topological polar surface area (TPSA) is 80.5 Å². The van der Waals surface area contributed by atoms with Crippen LogP contribution in [0.25, 0.3) is 0 Å². The summed E-state index contributed by atoms with van der Waals surface area (Å²) < 4.78 is 5.38. The van der Waals surface area contributed by atoms with E-state index < -0.39 is 4.92 Å². The molecular formula is C11H17ClN4O3. The Bertz CT molecular complexity index is 428. The predicted octanol–water partition coefficient (Wildman–Crippen LogP) is 1.63. The fourth-order valence-electron chi connectivity index (χ4n) is 1.25. The molecule has 1 aromatic rings. The Hall–Kier alpha value is -1.44. The van der Waals surface area contributed by atoms with Gasteiger partial charge in [-0.1, -0.05) is 11.6 Å². The molecule has 0 aliphatic carbocycles. The molecule has 7 nitrogen and oxygen atoms in total. The van der Waals surface area contributed by atoms with Crippen LogP contribution in [0, 0.1) is 10.1 Å². The maximum atomic E-state index is 10.5. The summed E-state index contributed by atoms with van der Waals surface area (Å²) in [6, 6.07) is 1.27. The Morgan fingerprint density at radius 2 is 2.26 bits per heavy atom. The zero-order valence-electron chi connectivity index (χ0n) is 10.9. The molecule has 0 radical (unpaired) electrons. The van der Waals surface area contributed by atoms with Crippen molar-refractivity contribution in [3.63, 3.8) is 0 Å². The lowest BCUT2D eigenvalue weighted by Crippen LogP contribution is -2.20. The summed E-state index contributed by atoms with van der Waals surface area (Å²) in [5, 5.41) is 13.7. The summed E-state index contributed by atoms with van der Waals surface area (Å²) in [6.45, 7) is 2.56. The van der Waals surface area contributed by atoms with Crippen molar-refractivity contribution in [1.82, 2.24) is 9.88 Å². The van der Waals surface area contributed by atoms with E-state index in [0.717, 1.165) is 6.54 Å². The SMILES string of the molecule is CN(C)CCOCCNc1ncc([N+](=O)[O-])cc1Cl. The molecule has 19 heavy (non-hydrogen) atoms. The van der Waals surface area contributed by atoms with Crippen LogP contribution in [0.2, 0.25) is 5.02 Å². The predicted molar refractivity (Wildman–Crippen MR) is 73.8 cm³/mol. The Balaban J connectivity index is 2.32. The molecule has 0 fully saturated rings. The van der Waals surface area contributed by atoms with Crippen molar-refractivity contribution < 1.29 is 9.66 Å². The Kier molecular flexibility index (Phi) is 6.48. The first-order valence-corrected chi connectivity index (χ1v) is 6.15. The molecule has 0 saturated heterocycles. The van der Waals surface area contributed by atoms with Gasteiger partial charge in [-0.3, -0.25) is 10.1 Å². The van der Waals surface area contributed by atoms with Crippen LogP contribution in [-0.2, 0) is 4.74 Å². The number of hydrogen-bond acceptors (Lipinski definition) is 6. The third-order valence-corrected chi connectivity index (χ3v) is 2.55. The second-order valence-corrected chi connectivity index (χ2v) is 4.53. The second-order valence-electron chi connectivity index (χ2n) is 4.12. The number of halogens is 1. The molecule has 1 N–H and O–H groups in total. The molecule has 0 unspecified atom stereocenters. The maximum absolute atomic E-state index is 10.5. The normalized spacial score (nSPS) is 10.7. The van der Waals surface area contributed by atoms with Crippen molar-refractivity contribution in [2.24, 2.45) is 0 Å². The largest absolute Gasteiger partial charge is 0.378 e. The minimum atomic E-state index is -0.535. The van der Waals surface area contributed by atoms with E-state index in [-0.39, 0.29) is 10.7 Å². The molecule has 0 saturated carbocycles. The lowest BCUT2D eigenvalue weighted by atomic mass is 10.4. The van der Waals surface area contributed by atoms with Crippen LogP contribution in [0.4, 0.5) is 11.5 Å². The van der Waals surface area contributed by atoms with Gasteiger partial charge in [-0.15, -0.1) is 0 Å². The van der Waals surface area contributed by atoms with Crippen molar-refractivity contribution in [3.8, 4) is 0 Å². The van der Waals surface area contributed by atoms with E-state index in [9.17, 15) is 10.1 Å². The van der Waals surface area contributed by atoms with Crippen molar-refractivity contribution in [1.29, 1.82) is 0 Å². The van der Waals surface area contributed by atoms with Gasteiger partial charge in [0, 0.05) is 19.2 Å². The van der Waals surface area contributed by atoms with Crippen LogP contribution in [0.1, 0.15) is 0 Å². The first kappa shape index (κ1) is 15.6. The molecule has 0 spiro atoms. The molecular weight excluding hydrogens is 272 g/mol. The minimum Gasteiger partial charge on any atom is -0.378 e. The van der Waals surface area contributed by atoms with Gasteiger partial charge in [0.25, 0.3) is 5.69 Å². The first-order valence-electron chi connectivity index (χ1n) is 5.77. The number of nitrogens with one attached hydrogen (secondary N) is 1. The average Bonchev–Trinajstić information content (AvgIpc) is 2.34. The number of hydrogen-bond donors (Lipinski definition) is 1. The Morgan fingerprint density at radius 3 is 2.84 bits per heavy atom. The number of rotatable bonds is 8. The Labute approximate surface area is 116 Å². The molecule has 0 aromatic carbocycles. The van der Waals surface area contributed by atoms with E-state index >= 15 is 0 Å². The zero-order valence-corrected chi connectivity index (χ0v) is 11.7. The van der Waals surface area contributed by atoms with Gasteiger partial charge in [-0.05, 0) is 14.1 Å². The zero-order chi connectivity index (χ0) is 14.3. The standard InChI is InChI=1S/C11H17ClN4O3/c1-15(2)4-6-19-5-3-13-11-10(12)7-9(8-14-11)16(17)18/h7-8H,3-6H2,1-2H3,(H,13,14). The van der Waals surface area contributed by atoms with E-state index in [1.54, 1.807) is 0 Å². The van der Waals surface area contributed by atoms with E-state index in [2.05, 4.69) is 10.3 Å². The molecule has 0 aliphatic rings. The fraction of sp³-hybridized carbons (Fsp3) is 0.545. The van der Waals surface area contributed by atoms with Crippen LogP contribution < -0.4 is 5.32 Å². The average molecular weight is 289 g/mol. The highest BCUT2D eigenvalue weighted by atomic mass is 35.5. The van der Waals surface area contributed by atoms with Crippen LogP contribution >= 0.6 is 11.6 Å². The number of anilines is 1. The summed E-state index contributed by atoms with van der Waals surface area (Å²) in [5.74, 6) is 0.420. The number of pyridine rings is 1. The minimum absolute atomic E-state index is 0.127. The lowest BCUT2D eigenvalue weighted by molar-refractivity contribution is -0.385. The van der Waals surface area contributed by atoms with Gasteiger partial charge in [0.15, 0.2) is 0 Å². The van der Waals surface area contributed by atoms with E-state index in [0.29, 0.717) is 25.6 Å². The second kappa shape index (κ2) is 7.88. The van der Waals surface area contributed by atoms with Crippen LogP contribution in [-0.4, -0.2) is 55.2 Å². The highest BCUT2D eigenvalue weighted by Crippen LogP contribution is 2.23. The summed E-state index contributed by atoms with van der Waals surface area (Å²) >= 11 is 5.88. The number of ether oxygens (including phenoxy) is 1. The van der Waals surface area contributed by atoms with Gasteiger partial charge in [0.05, 0.1) is 23.2 Å². The van der Waals surface area contributed by atoms with Gasteiger partial charge >= 0.3 is 0 Å². The van der Waals surface area contributed by atoms with Crippen LogP contribution in [0.15, 0.2) is 12.3 Å². The lowest BCUT2D eigenvalue weighted by Gasteiger charge is -2.10. The van der Waals surface area contributed by atoms with Crippen molar-refractivity contribution in [2.75, 3.05) is 45.7 Å². The molecule has 1 rings (SSSR count). The summed E-state index contributed by atoms with van der Waals surface area (Å²) in [6.07, 6.45) is 1.17. The van der Waals surface area contributed by atoms with Gasteiger partial charge in [-0.2, -0.15) is 0 Å². The molecule has 1 aromatic heterocycles. The smallest absolute Gasteiger partial charge is 0.289 e. The first-order chi connectivity index (χ1) is 9.00. The van der Waals surface area contributed by atoms with Gasteiger partial charge < -0.3 is 15.0 Å². The highest BCUT2D eigenvalue weighted by molar-refractivity contribution is 6.33. The third-order valence-electron chi connectivity index (χ3n) is 2.26. The molecule has 0 aliphatic heterocycles. The molecule has 1 heterocycles. The summed E-state index contributed by atoms with van der Waals surface area (Å²) in [4.78, 5) is 15.9. The number of likely N-dealkylation sites (N-methyl/N-ethyl adjacent to an activating group) is 1. The summed E-state index contributed by atoms with van der Waals surface area (Å²) in [7, 11) is 3.95. The van der Waals surface area contributed by atoms with E-state index in [1.807, 2.05) is 19.0 Å². The van der Waals surface area contributed by atoms with Crippen molar-refractivity contribution >= 4 is 23.1 Å².